The molecule has 0 radical (unpaired) electrons. The molecule has 1 N–H and O–H groups in total. The Morgan fingerprint density at radius 3 is 2.58 bits per heavy atom. The fourth-order valence-electron chi connectivity index (χ4n) is 4.19. The van der Waals surface area contributed by atoms with E-state index in [1.54, 1.807) is 0 Å². The van der Waals surface area contributed by atoms with Gasteiger partial charge in [0.1, 0.15) is 5.65 Å². The van der Waals surface area contributed by atoms with Crippen molar-refractivity contribution in [3.8, 4) is 11.1 Å². The quantitative estimate of drug-likeness (QED) is 0.679. The van der Waals surface area contributed by atoms with Gasteiger partial charge in [0.2, 0.25) is 0 Å². The number of hydrogen-bond acceptors (Lipinski definition) is 4. The maximum Gasteiger partial charge on any atom is 0.150 e. The highest BCUT2D eigenvalue weighted by atomic mass is 32.1. The Labute approximate surface area is 160 Å². The zero-order valence-corrected chi connectivity index (χ0v) is 16.6. The summed E-state index contributed by atoms with van der Waals surface area (Å²) in [6.45, 7) is 4.46. The van der Waals surface area contributed by atoms with Crippen LogP contribution < -0.4 is 5.32 Å². The molecule has 0 bridgehead atoms. The largest absolute Gasteiger partial charge is 0.312 e. The number of hydrogen-bond donors (Lipinski definition) is 2. The second kappa shape index (κ2) is 7.08. The molecule has 1 aliphatic rings. The molecule has 26 heavy (non-hydrogen) atoms. The number of rotatable bonds is 4. The van der Waals surface area contributed by atoms with Crippen LogP contribution >= 0.6 is 12.8 Å². The lowest BCUT2D eigenvalue weighted by Gasteiger charge is -2.30. The van der Waals surface area contributed by atoms with E-state index in [4.69, 9.17) is 4.98 Å². The van der Waals surface area contributed by atoms with E-state index in [1.165, 1.54) is 31.2 Å². The first kappa shape index (κ1) is 17.6. The maximum atomic E-state index is 4.72. The number of fused-ring (bicyclic) bond motifs is 1. The average Bonchev–Trinajstić information content (AvgIpc) is 3.18. The smallest absolute Gasteiger partial charge is 0.150 e. The van der Waals surface area contributed by atoms with Crippen molar-refractivity contribution in [3.63, 3.8) is 0 Å². The summed E-state index contributed by atoms with van der Waals surface area (Å²) < 4.78 is 3.64. The topological polar surface area (TPSA) is 47.7 Å². The van der Waals surface area contributed by atoms with Gasteiger partial charge in [-0.3, -0.25) is 8.65 Å². The van der Waals surface area contributed by atoms with Gasteiger partial charge in [0.15, 0.2) is 0 Å². The lowest BCUT2D eigenvalue weighted by atomic mass is 9.82. The number of pyridine rings is 1. The molecular weight excluding hydrogens is 342 g/mol. The molecule has 3 aromatic heterocycles. The fourth-order valence-corrected chi connectivity index (χ4v) is 4.46. The number of aryl methyl sites for hydroxylation is 1. The Kier molecular flexibility index (Phi) is 4.80. The minimum Gasteiger partial charge on any atom is -0.312 e. The van der Waals surface area contributed by atoms with Gasteiger partial charge in [-0.25, -0.2) is 4.98 Å². The summed E-state index contributed by atoms with van der Waals surface area (Å²) in [7, 11) is 1.94. The van der Waals surface area contributed by atoms with Crippen molar-refractivity contribution in [2.75, 3.05) is 0 Å². The van der Waals surface area contributed by atoms with Gasteiger partial charge in [0, 0.05) is 54.2 Å². The molecule has 0 amide bonds. The van der Waals surface area contributed by atoms with Crippen molar-refractivity contribution < 1.29 is 0 Å². The summed E-state index contributed by atoms with van der Waals surface area (Å²) in [4.78, 5) is 4.72. The molecule has 0 aliphatic heterocycles. The van der Waals surface area contributed by atoms with Crippen LogP contribution in [0.15, 0.2) is 30.9 Å². The first-order valence-electron chi connectivity index (χ1n) is 9.46. The van der Waals surface area contributed by atoms with Crippen LogP contribution in [0.1, 0.15) is 51.0 Å². The van der Waals surface area contributed by atoms with Crippen LogP contribution in [0, 0.1) is 0 Å². The summed E-state index contributed by atoms with van der Waals surface area (Å²) >= 11 is 4.55. The molecule has 6 heteroatoms. The van der Waals surface area contributed by atoms with E-state index in [9.17, 15) is 0 Å². The van der Waals surface area contributed by atoms with Crippen molar-refractivity contribution in [1.29, 1.82) is 0 Å². The average molecular weight is 370 g/mol. The third-order valence-corrected chi connectivity index (χ3v) is 5.73. The summed E-state index contributed by atoms with van der Waals surface area (Å²) in [6.07, 6.45) is 12.9. The van der Waals surface area contributed by atoms with Crippen LogP contribution in [-0.2, 0) is 7.05 Å². The Morgan fingerprint density at radius 2 is 1.92 bits per heavy atom. The van der Waals surface area contributed by atoms with Crippen LogP contribution in [0.2, 0.25) is 0 Å². The Balaban J connectivity index is 1.62. The molecule has 3 heterocycles. The predicted octanol–water partition coefficient (Wildman–Crippen LogP) is 4.15. The molecular formula is C20H27N5S. The third-order valence-electron chi connectivity index (χ3n) is 5.43. The number of nitrogens with one attached hydrogen (secondary N) is 1. The predicted molar refractivity (Wildman–Crippen MR) is 110 cm³/mol. The molecule has 0 unspecified atom stereocenters. The van der Waals surface area contributed by atoms with E-state index in [-0.39, 0.29) is 0 Å². The Morgan fingerprint density at radius 1 is 1.15 bits per heavy atom. The van der Waals surface area contributed by atoms with Gasteiger partial charge in [-0.2, -0.15) is 5.10 Å². The summed E-state index contributed by atoms with van der Waals surface area (Å²) in [5.41, 5.74) is 4.51. The van der Waals surface area contributed by atoms with Gasteiger partial charge >= 0.3 is 0 Å². The summed E-state index contributed by atoms with van der Waals surface area (Å²) in [5.74, 6) is 0.599. The molecule has 0 saturated heterocycles. The van der Waals surface area contributed by atoms with E-state index in [2.05, 4.69) is 43.1 Å². The lowest BCUT2D eigenvalue weighted by Crippen LogP contribution is -2.37. The monoisotopic (exact) mass is 369 g/mol. The van der Waals surface area contributed by atoms with E-state index in [0.29, 0.717) is 18.0 Å². The maximum absolute atomic E-state index is 4.72. The van der Waals surface area contributed by atoms with Crippen LogP contribution in [0.4, 0.5) is 0 Å². The van der Waals surface area contributed by atoms with E-state index in [1.807, 2.05) is 40.5 Å². The molecule has 0 spiro atoms. The van der Waals surface area contributed by atoms with Crippen LogP contribution in [0.25, 0.3) is 22.2 Å². The SMILES string of the molecule is CC(C)N[C@H]1CC[C@H](c2cnc3c(c2)c(-c2cnn(C)c2)cn3S)CC1. The third kappa shape index (κ3) is 3.40. The van der Waals surface area contributed by atoms with Gasteiger partial charge in [-0.15, -0.1) is 0 Å². The minimum atomic E-state index is 0.562. The molecule has 0 aromatic carbocycles. The highest BCUT2D eigenvalue weighted by Crippen LogP contribution is 2.36. The Bertz CT molecular complexity index is 902. The standard InChI is InChI=1S/C20H27N5S/c1-13(2)23-17-6-4-14(5-7-17)15-8-18-19(16-10-22-24(3)11-16)12-25(26)20(18)21-9-15/h8-14,17,23,26H,4-7H2,1-3H3/t14-,17-. The van der Waals surface area contributed by atoms with E-state index >= 15 is 0 Å². The zero-order valence-electron chi connectivity index (χ0n) is 15.7. The first-order chi connectivity index (χ1) is 12.5. The van der Waals surface area contributed by atoms with Crippen molar-refractivity contribution >= 4 is 23.8 Å². The minimum absolute atomic E-state index is 0.562. The molecule has 3 aromatic rings. The van der Waals surface area contributed by atoms with Crippen molar-refractivity contribution in [2.45, 2.75) is 57.5 Å². The molecule has 0 atom stereocenters. The normalized spacial score (nSPS) is 21.0. The number of aromatic nitrogens is 4. The van der Waals surface area contributed by atoms with E-state index in [0.717, 1.165) is 22.2 Å². The summed E-state index contributed by atoms with van der Waals surface area (Å²) in [6, 6.07) is 3.54. The first-order valence-corrected chi connectivity index (χ1v) is 9.86. The molecule has 1 fully saturated rings. The molecule has 1 aliphatic carbocycles. The van der Waals surface area contributed by atoms with Crippen LogP contribution in [0.3, 0.4) is 0 Å². The highest BCUT2D eigenvalue weighted by Gasteiger charge is 2.24. The zero-order chi connectivity index (χ0) is 18.3. The van der Waals surface area contributed by atoms with Gasteiger partial charge in [0.25, 0.3) is 0 Å². The number of thiol groups is 1. The molecule has 5 nitrogen and oxygen atoms in total. The fraction of sp³-hybridized carbons (Fsp3) is 0.500. The van der Waals surface area contributed by atoms with Crippen molar-refractivity contribution in [2.24, 2.45) is 7.05 Å². The van der Waals surface area contributed by atoms with Crippen molar-refractivity contribution in [3.05, 3.63) is 36.4 Å². The molecule has 4 rings (SSSR count). The van der Waals surface area contributed by atoms with E-state index < -0.39 is 0 Å². The lowest BCUT2D eigenvalue weighted by molar-refractivity contribution is 0.326. The van der Waals surface area contributed by atoms with Gasteiger partial charge in [-0.05, 0) is 43.2 Å². The van der Waals surface area contributed by atoms with Gasteiger partial charge in [-0.1, -0.05) is 26.7 Å². The number of nitrogens with zero attached hydrogens (tertiary/aromatic N) is 4. The van der Waals surface area contributed by atoms with Gasteiger partial charge in [0.05, 0.1) is 6.20 Å². The Hall–Kier alpha value is -1.79. The van der Waals surface area contributed by atoms with Crippen LogP contribution in [-0.4, -0.2) is 30.8 Å². The second-order valence-corrected chi connectivity index (χ2v) is 8.23. The highest BCUT2D eigenvalue weighted by molar-refractivity contribution is 7.78. The molecule has 138 valence electrons. The summed E-state index contributed by atoms with van der Waals surface area (Å²) in [5, 5.41) is 9.15. The molecule has 1 saturated carbocycles. The van der Waals surface area contributed by atoms with Crippen molar-refractivity contribution in [1.82, 2.24) is 24.1 Å². The van der Waals surface area contributed by atoms with Gasteiger partial charge < -0.3 is 5.32 Å². The second-order valence-electron chi connectivity index (χ2n) is 7.80. The van der Waals surface area contributed by atoms with Crippen LogP contribution in [0.5, 0.6) is 0 Å².